The van der Waals surface area contributed by atoms with Gasteiger partial charge in [-0.1, -0.05) is 68.6 Å². The van der Waals surface area contributed by atoms with Crippen molar-refractivity contribution in [2.75, 3.05) is 7.11 Å². The van der Waals surface area contributed by atoms with Crippen LogP contribution in [-0.2, 0) is 9.53 Å². The standard InChI is InChI=1S/C19H34.C5H8O3.C2H2/c1-4-6-7-8-9-10-11-12-13-14-15-16-17-18-19(3)5-2;1-4(6)3-5(7)8-2;1-2/h5,7-8,10-11H,4,6,9,12-18H2,1-3H3;3,6H,1-2H3;1-2H/b8-7-,11-10-,19-5+;4-3-;. The van der Waals surface area contributed by atoms with E-state index in [2.05, 4.69) is 68.7 Å². The van der Waals surface area contributed by atoms with Gasteiger partial charge in [0.05, 0.1) is 18.9 Å². The molecular formula is C26H44O3. The Kier molecular flexibility index (Phi) is 30.4. The Morgan fingerprint density at radius 3 is 1.97 bits per heavy atom. The van der Waals surface area contributed by atoms with E-state index in [4.69, 9.17) is 5.11 Å². The number of carbonyl (C=O) groups is 1. The van der Waals surface area contributed by atoms with Gasteiger partial charge in [-0.25, -0.2) is 4.79 Å². The molecule has 1 N–H and O–H groups in total. The highest BCUT2D eigenvalue weighted by atomic mass is 16.5. The van der Waals surface area contributed by atoms with E-state index in [1.807, 2.05) is 0 Å². The molecule has 0 aromatic heterocycles. The van der Waals surface area contributed by atoms with Crippen LogP contribution < -0.4 is 0 Å². The van der Waals surface area contributed by atoms with E-state index in [9.17, 15) is 4.79 Å². The molecule has 0 atom stereocenters. The van der Waals surface area contributed by atoms with E-state index in [1.54, 1.807) is 5.57 Å². The first kappa shape index (κ1) is 31.5. The Hall–Kier alpha value is -2.21. The molecule has 0 amide bonds. The number of allylic oxidation sites excluding steroid dienone is 7. The van der Waals surface area contributed by atoms with Gasteiger partial charge < -0.3 is 9.84 Å². The summed E-state index contributed by atoms with van der Waals surface area (Å²) >= 11 is 0. The summed E-state index contributed by atoms with van der Waals surface area (Å²) in [5.41, 5.74) is 1.54. The Balaban J connectivity index is -0.000000564. The average molecular weight is 405 g/mol. The summed E-state index contributed by atoms with van der Waals surface area (Å²) in [6.07, 6.45) is 33.5. The van der Waals surface area contributed by atoms with Crippen molar-refractivity contribution in [3.05, 3.63) is 47.8 Å². The van der Waals surface area contributed by atoms with Gasteiger partial charge in [0.1, 0.15) is 0 Å². The minimum Gasteiger partial charge on any atom is -0.512 e. The summed E-state index contributed by atoms with van der Waals surface area (Å²) in [5.74, 6) is -0.582. The average Bonchev–Trinajstić information content (AvgIpc) is 2.72. The number of aliphatic hydroxyl groups is 1. The third-order valence-electron chi connectivity index (χ3n) is 4.02. The van der Waals surface area contributed by atoms with Gasteiger partial charge in [-0.2, -0.15) is 0 Å². The van der Waals surface area contributed by atoms with Crippen molar-refractivity contribution >= 4 is 5.97 Å². The maximum absolute atomic E-state index is 10.2. The van der Waals surface area contributed by atoms with Crippen LogP contribution in [0.4, 0.5) is 0 Å². The Morgan fingerprint density at radius 2 is 1.48 bits per heavy atom. The zero-order chi connectivity index (χ0) is 22.8. The number of ether oxygens (including phenoxy) is 1. The van der Waals surface area contributed by atoms with Gasteiger partial charge in [0.15, 0.2) is 0 Å². The van der Waals surface area contributed by atoms with Gasteiger partial charge >= 0.3 is 5.97 Å². The summed E-state index contributed by atoms with van der Waals surface area (Å²) in [7, 11) is 1.25. The number of hydrogen-bond acceptors (Lipinski definition) is 3. The number of carbonyl (C=O) groups excluding carboxylic acids is 1. The van der Waals surface area contributed by atoms with E-state index in [0.717, 1.165) is 12.5 Å². The summed E-state index contributed by atoms with van der Waals surface area (Å²) in [5, 5.41) is 8.41. The highest BCUT2D eigenvalue weighted by Gasteiger charge is 1.92. The van der Waals surface area contributed by atoms with E-state index < -0.39 is 5.97 Å². The molecule has 3 heteroatoms. The number of aliphatic hydroxyl groups excluding tert-OH is 1. The number of rotatable bonds is 13. The molecule has 0 bridgehead atoms. The largest absolute Gasteiger partial charge is 0.512 e. The summed E-state index contributed by atoms with van der Waals surface area (Å²) < 4.78 is 4.19. The van der Waals surface area contributed by atoms with E-state index in [0.29, 0.717) is 0 Å². The third kappa shape index (κ3) is 33.8. The van der Waals surface area contributed by atoms with Gasteiger partial charge in [-0.05, 0) is 59.3 Å². The van der Waals surface area contributed by atoms with Gasteiger partial charge in [-0.3, -0.25) is 0 Å². The molecule has 29 heavy (non-hydrogen) atoms. The van der Waals surface area contributed by atoms with Gasteiger partial charge in [0.25, 0.3) is 0 Å². The SMILES string of the molecule is C#C.C/C=C(\C)CCCCCCC/C=C\C/C=C\CCC.COC(=O)/C=C(/C)O. The normalized spacial score (nSPS) is 11.6. The maximum Gasteiger partial charge on any atom is 0.333 e. The lowest BCUT2D eigenvalue weighted by Gasteiger charge is -2.01. The monoisotopic (exact) mass is 404 g/mol. The van der Waals surface area contributed by atoms with Crippen LogP contribution in [0.25, 0.3) is 0 Å². The van der Waals surface area contributed by atoms with E-state index in [-0.39, 0.29) is 5.76 Å². The lowest BCUT2D eigenvalue weighted by molar-refractivity contribution is -0.135. The molecule has 0 aliphatic rings. The third-order valence-corrected chi connectivity index (χ3v) is 4.02. The number of hydrogen-bond donors (Lipinski definition) is 1. The van der Waals surface area contributed by atoms with Crippen LogP contribution in [0.1, 0.15) is 91.9 Å². The molecule has 0 aromatic rings. The Bertz CT molecular complexity index is 489. The highest BCUT2D eigenvalue weighted by molar-refractivity contribution is 5.82. The van der Waals surface area contributed by atoms with Crippen molar-refractivity contribution in [1.29, 1.82) is 0 Å². The second kappa shape index (κ2) is 28.0. The Morgan fingerprint density at radius 1 is 0.931 bits per heavy atom. The Labute approximate surface area is 180 Å². The van der Waals surface area contributed by atoms with E-state index >= 15 is 0 Å². The number of esters is 1. The highest BCUT2D eigenvalue weighted by Crippen LogP contribution is 2.11. The zero-order valence-corrected chi connectivity index (χ0v) is 19.5. The smallest absolute Gasteiger partial charge is 0.333 e. The molecule has 0 rings (SSSR count). The van der Waals surface area contributed by atoms with Crippen molar-refractivity contribution < 1.29 is 14.6 Å². The predicted molar refractivity (Wildman–Crippen MR) is 128 cm³/mol. The fraction of sp³-hybridized carbons (Fsp3) is 0.577. The second-order valence-corrected chi connectivity index (χ2v) is 6.72. The fourth-order valence-corrected chi connectivity index (χ4v) is 2.24. The van der Waals surface area contributed by atoms with Crippen molar-refractivity contribution in [2.24, 2.45) is 0 Å². The van der Waals surface area contributed by atoms with Crippen LogP contribution in [0, 0.1) is 12.8 Å². The first-order valence-corrected chi connectivity index (χ1v) is 10.7. The summed E-state index contributed by atoms with van der Waals surface area (Å²) in [4.78, 5) is 10.2. The van der Waals surface area contributed by atoms with Crippen molar-refractivity contribution in [3.8, 4) is 12.8 Å². The second-order valence-electron chi connectivity index (χ2n) is 6.72. The molecular weight excluding hydrogens is 360 g/mol. The molecule has 0 saturated carbocycles. The molecule has 0 saturated heterocycles. The molecule has 0 heterocycles. The minimum absolute atomic E-state index is 0.0446. The molecule has 0 aliphatic heterocycles. The number of terminal acetylenes is 1. The summed E-state index contributed by atoms with van der Waals surface area (Å²) in [6, 6.07) is 0. The number of unbranched alkanes of at least 4 members (excludes halogenated alkanes) is 6. The molecule has 0 spiro atoms. The van der Waals surface area contributed by atoms with Gasteiger partial charge in [0, 0.05) is 0 Å². The molecule has 0 fully saturated rings. The molecule has 0 aliphatic carbocycles. The minimum atomic E-state index is -0.537. The maximum atomic E-state index is 10.2. The predicted octanol–water partition coefficient (Wildman–Crippen LogP) is 7.86. The number of methoxy groups -OCH3 is 1. The zero-order valence-electron chi connectivity index (χ0n) is 19.5. The van der Waals surface area contributed by atoms with Crippen molar-refractivity contribution in [1.82, 2.24) is 0 Å². The van der Waals surface area contributed by atoms with Crippen LogP contribution in [0.5, 0.6) is 0 Å². The van der Waals surface area contributed by atoms with Gasteiger partial charge in [-0.15, -0.1) is 12.8 Å². The molecule has 166 valence electrons. The molecule has 0 radical (unpaired) electrons. The van der Waals surface area contributed by atoms with Crippen LogP contribution in [0.15, 0.2) is 47.8 Å². The van der Waals surface area contributed by atoms with E-state index in [1.165, 1.54) is 71.8 Å². The summed E-state index contributed by atoms with van der Waals surface area (Å²) in [6.45, 7) is 8.00. The lowest BCUT2D eigenvalue weighted by atomic mass is 10.1. The molecule has 0 aromatic carbocycles. The van der Waals surface area contributed by atoms with Crippen LogP contribution >= 0.6 is 0 Å². The lowest BCUT2D eigenvalue weighted by Crippen LogP contribution is -1.94. The van der Waals surface area contributed by atoms with Crippen molar-refractivity contribution in [2.45, 2.75) is 91.9 Å². The fourth-order valence-electron chi connectivity index (χ4n) is 2.24. The quantitative estimate of drug-likeness (QED) is 0.0848. The van der Waals surface area contributed by atoms with Crippen molar-refractivity contribution in [3.63, 3.8) is 0 Å². The topological polar surface area (TPSA) is 46.5 Å². The van der Waals surface area contributed by atoms with Crippen LogP contribution in [0.2, 0.25) is 0 Å². The first-order valence-electron chi connectivity index (χ1n) is 10.7. The molecule has 0 unspecified atom stereocenters. The first-order chi connectivity index (χ1) is 14.0. The van der Waals surface area contributed by atoms with Gasteiger partial charge in [0.2, 0.25) is 0 Å². The van der Waals surface area contributed by atoms with Crippen LogP contribution in [0.3, 0.4) is 0 Å². The molecule has 3 nitrogen and oxygen atoms in total. The van der Waals surface area contributed by atoms with Crippen LogP contribution in [-0.4, -0.2) is 18.2 Å².